The summed E-state index contributed by atoms with van der Waals surface area (Å²) >= 11 is 0. The summed E-state index contributed by atoms with van der Waals surface area (Å²) in [6.07, 6.45) is 8.12. The van der Waals surface area contributed by atoms with Crippen molar-refractivity contribution in [2.24, 2.45) is 17.8 Å². The van der Waals surface area contributed by atoms with Gasteiger partial charge in [-0.1, -0.05) is 133 Å². The Hall–Kier alpha value is -6.78. The molecule has 4 bridgehead atoms. The first-order chi connectivity index (χ1) is 29.7. The molecule has 0 spiro atoms. The summed E-state index contributed by atoms with van der Waals surface area (Å²) in [5.41, 5.74) is 13.4. The average Bonchev–Trinajstić information content (AvgIpc) is 3.82. The molecule has 10 aromatic rings. The first-order valence-electron chi connectivity index (χ1n) is 21.8. The van der Waals surface area contributed by atoms with Gasteiger partial charge in [-0.2, -0.15) is 4.98 Å². The van der Waals surface area contributed by atoms with Gasteiger partial charge in [-0.05, 0) is 126 Å². The van der Waals surface area contributed by atoms with Crippen LogP contribution in [0.2, 0.25) is 0 Å². The second kappa shape index (κ2) is 13.1. The molecule has 0 aliphatic heterocycles. The molecule has 0 N–H and O–H groups in total. The van der Waals surface area contributed by atoms with Gasteiger partial charge in [-0.3, -0.25) is 9.13 Å². The lowest BCUT2D eigenvalue weighted by Gasteiger charge is -2.58. The Kier molecular flexibility index (Phi) is 7.46. The van der Waals surface area contributed by atoms with Crippen molar-refractivity contribution in [3.05, 3.63) is 181 Å². The highest BCUT2D eigenvalue weighted by Gasteiger charge is 2.53. The van der Waals surface area contributed by atoms with Crippen LogP contribution in [-0.4, -0.2) is 19.1 Å². The van der Waals surface area contributed by atoms with Crippen molar-refractivity contribution in [3.63, 3.8) is 0 Å². The number of rotatable bonds is 6. The number of hydrogen-bond acceptors (Lipinski definition) is 2. The Bertz CT molecular complexity index is 2960. The zero-order chi connectivity index (χ0) is 39.4. The number of hydrogen-bond donors (Lipinski definition) is 0. The SMILES string of the molecule is c1ccc(-c2cc(-c3cc(-n4c5ccccc5c5ccccc54)nc(-n4c5ccccc5c5ccccc54)n3)cc(-c3ccccc3)c2C23CC4CC(CC(C4)C2)C3)cc1. The number of aromatic nitrogens is 4. The van der Waals surface area contributed by atoms with Crippen LogP contribution >= 0.6 is 0 Å². The Balaban J connectivity index is 1.14. The third-order valence-corrected chi connectivity index (χ3v) is 14.5. The maximum Gasteiger partial charge on any atom is 0.237 e. The van der Waals surface area contributed by atoms with Crippen LogP contribution in [0.25, 0.3) is 88.9 Å². The van der Waals surface area contributed by atoms with Crippen LogP contribution < -0.4 is 0 Å². The van der Waals surface area contributed by atoms with Crippen molar-refractivity contribution in [1.82, 2.24) is 19.1 Å². The molecule has 0 radical (unpaired) electrons. The molecule has 14 rings (SSSR count). The number of fused-ring (bicyclic) bond motifs is 6. The molecule has 288 valence electrons. The maximum atomic E-state index is 5.65. The monoisotopic (exact) mass is 772 g/mol. The summed E-state index contributed by atoms with van der Waals surface area (Å²) < 4.78 is 4.61. The fourth-order valence-electron chi connectivity index (χ4n) is 12.6. The van der Waals surface area contributed by atoms with E-state index < -0.39 is 0 Å². The van der Waals surface area contributed by atoms with E-state index in [4.69, 9.17) is 9.97 Å². The van der Waals surface area contributed by atoms with Gasteiger partial charge in [0.1, 0.15) is 5.82 Å². The first kappa shape index (κ1) is 34.1. The Morgan fingerprint density at radius 2 is 0.800 bits per heavy atom. The molecule has 4 aliphatic rings. The smallest absolute Gasteiger partial charge is 0.237 e. The highest BCUT2D eigenvalue weighted by molar-refractivity contribution is 6.10. The molecule has 4 aliphatic carbocycles. The molecule has 4 saturated carbocycles. The van der Waals surface area contributed by atoms with E-state index in [1.54, 1.807) is 5.56 Å². The summed E-state index contributed by atoms with van der Waals surface area (Å²) in [6, 6.07) is 64.4. The standard InChI is InChI=1S/C56H44N4/c1-3-15-39(16-4-1)46-30-41(31-47(40-17-5-2-6-18-40)54(46)56-33-36-27-37(34-56)29-38(28-36)35-56)48-32-53(59-49-23-11-7-19-42(49)43-20-8-12-24-50(43)59)58-55(57-48)60-51-25-13-9-21-44(51)45-22-10-14-26-52(45)60/h1-26,30-32,36-38H,27-29,33-35H2. The number of benzene rings is 7. The van der Waals surface area contributed by atoms with Gasteiger partial charge >= 0.3 is 0 Å². The van der Waals surface area contributed by atoms with Gasteiger partial charge in [-0.15, -0.1) is 0 Å². The van der Waals surface area contributed by atoms with Crippen molar-refractivity contribution in [1.29, 1.82) is 0 Å². The van der Waals surface area contributed by atoms with Crippen molar-refractivity contribution in [2.45, 2.75) is 43.9 Å². The van der Waals surface area contributed by atoms with E-state index in [-0.39, 0.29) is 5.41 Å². The molecule has 4 fully saturated rings. The molecule has 0 atom stereocenters. The second-order valence-corrected chi connectivity index (χ2v) is 18.0. The van der Waals surface area contributed by atoms with Gasteiger partial charge in [0.05, 0.1) is 27.8 Å². The van der Waals surface area contributed by atoms with E-state index in [0.29, 0.717) is 5.95 Å². The minimum absolute atomic E-state index is 0.164. The Morgan fingerprint density at radius 3 is 1.25 bits per heavy atom. The van der Waals surface area contributed by atoms with Crippen molar-refractivity contribution >= 4 is 43.6 Å². The molecule has 4 nitrogen and oxygen atoms in total. The number of nitrogens with zero attached hydrogens (tertiary/aromatic N) is 4. The highest BCUT2D eigenvalue weighted by atomic mass is 15.2. The predicted octanol–water partition coefficient (Wildman–Crippen LogP) is 14.1. The molecule has 0 unspecified atom stereocenters. The fourth-order valence-corrected chi connectivity index (χ4v) is 12.6. The van der Waals surface area contributed by atoms with Crippen LogP contribution in [0.15, 0.2) is 176 Å². The predicted molar refractivity (Wildman–Crippen MR) is 247 cm³/mol. The Morgan fingerprint density at radius 1 is 0.400 bits per heavy atom. The van der Waals surface area contributed by atoms with Crippen molar-refractivity contribution < 1.29 is 0 Å². The van der Waals surface area contributed by atoms with Crippen LogP contribution in [0.3, 0.4) is 0 Å². The number of para-hydroxylation sites is 4. The summed E-state index contributed by atoms with van der Waals surface area (Å²) in [5, 5.41) is 4.81. The normalized spacial score (nSPS) is 20.8. The van der Waals surface area contributed by atoms with Crippen LogP contribution in [0.4, 0.5) is 0 Å². The van der Waals surface area contributed by atoms with E-state index in [2.05, 4.69) is 185 Å². The van der Waals surface area contributed by atoms with E-state index in [0.717, 1.165) is 56.9 Å². The van der Waals surface area contributed by atoms with E-state index in [1.165, 1.54) is 82.3 Å². The van der Waals surface area contributed by atoms with Gasteiger partial charge in [0, 0.05) is 33.2 Å². The fraction of sp³-hybridized carbons (Fsp3) is 0.179. The minimum atomic E-state index is 0.164. The molecule has 4 heteroatoms. The zero-order valence-electron chi connectivity index (χ0n) is 33.5. The molecule has 60 heavy (non-hydrogen) atoms. The third kappa shape index (κ3) is 5.16. The average molecular weight is 773 g/mol. The van der Waals surface area contributed by atoms with Gasteiger partial charge in [0.25, 0.3) is 0 Å². The summed E-state index contributed by atoms with van der Waals surface area (Å²) in [5.74, 6) is 3.99. The minimum Gasteiger partial charge on any atom is -0.294 e. The largest absolute Gasteiger partial charge is 0.294 e. The topological polar surface area (TPSA) is 35.6 Å². The summed E-state index contributed by atoms with van der Waals surface area (Å²) in [4.78, 5) is 11.2. The molecule has 3 heterocycles. The molecule has 3 aromatic heterocycles. The molecule has 0 amide bonds. The van der Waals surface area contributed by atoms with Crippen LogP contribution in [0.5, 0.6) is 0 Å². The lowest BCUT2D eigenvalue weighted by molar-refractivity contribution is -0.00465. The lowest BCUT2D eigenvalue weighted by Crippen LogP contribution is -2.49. The van der Waals surface area contributed by atoms with Gasteiger partial charge in [-0.25, -0.2) is 4.98 Å². The second-order valence-electron chi connectivity index (χ2n) is 18.0. The summed E-state index contributed by atoms with van der Waals surface area (Å²) in [6.45, 7) is 0. The van der Waals surface area contributed by atoms with Gasteiger partial charge in [0.15, 0.2) is 0 Å². The quantitative estimate of drug-likeness (QED) is 0.169. The molecule has 0 saturated heterocycles. The highest BCUT2D eigenvalue weighted by Crippen LogP contribution is 2.63. The van der Waals surface area contributed by atoms with Crippen molar-refractivity contribution in [3.8, 4) is 45.3 Å². The zero-order valence-corrected chi connectivity index (χ0v) is 33.5. The van der Waals surface area contributed by atoms with Crippen LogP contribution in [0.1, 0.15) is 44.1 Å². The van der Waals surface area contributed by atoms with Crippen molar-refractivity contribution in [2.75, 3.05) is 0 Å². The maximum absolute atomic E-state index is 5.65. The molecular weight excluding hydrogens is 729 g/mol. The van der Waals surface area contributed by atoms with Crippen LogP contribution in [-0.2, 0) is 5.41 Å². The van der Waals surface area contributed by atoms with Crippen LogP contribution in [0, 0.1) is 17.8 Å². The lowest BCUT2D eigenvalue weighted by atomic mass is 9.47. The van der Waals surface area contributed by atoms with E-state index in [9.17, 15) is 0 Å². The molecule has 7 aromatic carbocycles. The van der Waals surface area contributed by atoms with E-state index >= 15 is 0 Å². The third-order valence-electron chi connectivity index (χ3n) is 14.5. The molecular formula is C56H44N4. The van der Waals surface area contributed by atoms with E-state index in [1.807, 2.05) is 0 Å². The Labute approximate surface area is 349 Å². The van der Waals surface area contributed by atoms with Gasteiger partial charge in [0.2, 0.25) is 5.95 Å². The van der Waals surface area contributed by atoms with Gasteiger partial charge < -0.3 is 0 Å². The first-order valence-corrected chi connectivity index (χ1v) is 21.8. The summed E-state index contributed by atoms with van der Waals surface area (Å²) in [7, 11) is 0.